The summed E-state index contributed by atoms with van der Waals surface area (Å²) in [7, 11) is 2.14. The van der Waals surface area contributed by atoms with Crippen LogP contribution in [0.25, 0.3) is 0 Å². The monoisotopic (exact) mass is 231 g/mol. The molecule has 1 aliphatic heterocycles. The molecule has 0 aliphatic carbocycles. The van der Waals surface area contributed by atoms with Crippen LogP contribution in [-0.2, 0) is 5.41 Å². The van der Waals surface area contributed by atoms with Gasteiger partial charge < -0.3 is 0 Å². The number of hydrazone groups is 1. The zero-order valence-electron chi connectivity index (χ0n) is 11.6. The summed E-state index contributed by atoms with van der Waals surface area (Å²) < 4.78 is 2.34. The summed E-state index contributed by atoms with van der Waals surface area (Å²) in [5.41, 5.74) is 3.01. The van der Waals surface area contributed by atoms with Gasteiger partial charge in [0.15, 0.2) is 12.3 Å². The number of benzene rings is 1. The molecule has 2 rings (SSSR count). The standard InChI is InChI=1S/C15H23N2/c1-6-15(4)12(3)17(7-2)16(5)14-11-9-8-10-13(14)15/h7-12H,6H2,1-5H3/q+1/b17-7-/t12-,15?/m0/s1. The lowest BCUT2D eigenvalue weighted by atomic mass is 9.72. The second-order valence-corrected chi connectivity index (χ2v) is 5.13. The van der Waals surface area contributed by atoms with E-state index in [1.54, 1.807) is 0 Å². The number of hydrogen-bond donors (Lipinski definition) is 0. The second-order valence-electron chi connectivity index (χ2n) is 5.13. The Morgan fingerprint density at radius 1 is 1.41 bits per heavy atom. The van der Waals surface area contributed by atoms with Crippen LogP contribution in [0.4, 0.5) is 5.69 Å². The number of para-hydroxylation sites is 1. The highest BCUT2D eigenvalue weighted by atomic mass is 15.6. The van der Waals surface area contributed by atoms with Gasteiger partial charge in [0.25, 0.3) is 0 Å². The number of hydrazine groups is 1. The van der Waals surface area contributed by atoms with E-state index in [9.17, 15) is 0 Å². The summed E-state index contributed by atoms with van der Waals surface area (Å²) >= 11 is 0. The van der Waals surface area contributed by atoms with Gasteiger partial charge in [0.2, 0.25) is 0 Å². The van der Waals surface area contributed by atoms with Crippen LogP contribution in [0.2, 0.25) is 0 Å². The molecule has 2 nitrogen and oxygen atoms in total. The SMILES string of the molecule is C/C=[N+]1/[C@@H](C)C(C)(CC)c2ccccc2N1C. The summed E-state index contributed by atoms with van der Waals surface area (Å²) in [6.07, 6.45) is 3.33. The molecule has 1 aromatic carbocycles. The zero-order chi connectivity index (χ0) is 12.6. The van der Waals surface area contributed by atoms with Crippen LogP contribution in [0.1, 0.15) is 39.7 Å². The summed E-state index contributed by atoms with van der Waals surface area (Å²) in [6, 6.07) is 9.25. The fourth-order valence-corrected chi connectivity index (χ4v) is 3.02. The van der Waals surface area contributed by atoms with Crippen molar-refractivity contribution in [1.82, 2.24) is 0 Å². The molecule has 2 atom stereocenters. The minimum Gasteiger partial charge on any atom is -0.157 e. The third-order valence-electron chi connectivity index (χ3n) is 4.53. The van der Waals surface area contributed by atoms with Gasteiger partial charge in [-0.25, -0.2) is 0 Å². The number of rotatable bonds is 1. The van der Waals surface area contributed by atoms with Gasteiger partial charge >= 0.3 is 0 Å². The Morgan fingerprint density at radius 2 is 2.06 bits per heavy atom. The van der Waals surface area contributed by atoms with Crippen molar-refractivity contribution >= 4 is 11.9 Å². The van der Waals surface area contributed by atoms with Gasteiger partial charge in [0, 0.05) is 13.8 Å². The van der Waals surface area contributed by atoms with Gasteiger partial charge in [-0.2, -0.15) is 5.01 Å². The molecule has 2 heteroatoms. The fraction of sp³-hybridized carbons (Fsp3) is 0.533. The molecule has 92 valence electrons. The Bertz CT molecular complexity index is 450. The molecular weight excluding hydrogens is 208 g/mol. The van der Waals surface area contributed by atoms with Gasteiger partial charge in [-0.05, 0) is 25.0 Å². The van der Waals surface area contributed by atoms with Crippen molar-refractivity contribution in [2.24, 2.45) is 0 Å². The molecule has 0 amide bonds. The van der Waals surface area contributed by atoms with Crippen LogP contribution in [0.5, 0.6) is 0 Å². The molecule has 1 heterocycles. The lowest BCUT2D eigenvalue weighted by molar-refractivity contribution is -0.582. The van der Waals surface area contributed by atoms with E-state index in [2.05, 4.69) is 74.9 Å². The highest BCUT2D eigenvalue weighted by Gasteiger charge is 2.46. The van der Waals surface area contributed by atoms with E-state index in [0.29, 0.717) is 6.04 Å². The minimum atomic E-state index is 0.218. The Morgan fingerprint density at radius 3 is 2.65 bits per heavy atom. The molecular formula is C15H23N2+. The first-order chi connectivity index (χ1) is 8.06. The minimum absolute atomic E-state index is 0.218. The van der Waals surface area contributed by atoms with Gasteiger partial charge in [-0.15, -0.1) is 4.68 Å². The highest BCUT2D eigenvalue weighted by Crippen LogP contribution is 2.42. The van der Waals surface area contributed by atoms with Crippen molar-refractivity contribution in [2.45, 2.75) is 45.6 Å². The van der Waals surface area contributed by atoms with Crippen molar-refractivity contribution in [3.8, 4) is 0 Å². The first-order valence-corrected chi connectivity index (χ1v) is 6.47. The Balaban J connectivity index is 2.68. The highest BCUT2D eigenvalue weighted by molar-refractivity contribution is 5.58. The first-order valence-electron chi connectivity index (χ1n) is 6.47. The summed E-state index contributed by atoms with van der Waals surface area (Å²) in [4.78, 5) is 0. The van der Waals surface area contributed by atoms with Crippen LogP contribution in [0.3, 0.4) is 0 Å². The van der Waals surface area contributed by atoms with Gasteiger partial charge in [-0.1, -0.05) is 25.1 Å². The molecule has 1 aliphatic rings. The maximum atomic E-state index is 2.38. The molecule has 0 spiro atoms. The average Bonchev–Trinajstić information content (AvgIpc) is 2.37. The maximum absolute atomic E-state index is 2.38. The van der Waals surface area contributed by atoms with Crippen molar-refractivity contribution in [2.75, 3.05) is 12.1 Å². The summed E-state index contributed by atoms with van der Waals surface area (Å²) in [5, 5.41) is 2.26. The predicted molar refractivity (Wildman–Crippen MR) is 73.9 cm³/mol. The van der Waals surface area contributed by atoms with E-state index < -0.39 is 0 Å². The van der Waals surface area contributed by atoms with Crippen LogP contribution in [-0.4, -0.2) is 24.0 Å². The van der Waals surface area contributed by atoms with Crippen LogP contribution >= 0.6 is 0 Å². The average molecular weight is 231 g/mol. The van der Waals surface area contributed by atoms with Gasteiger partial charge in [0.05, 0.1) is 12.5 Å². The van der Waals surface area contributed by atoms with Crippen LogP contribution in [0, 0.1) is 0 Å². The van der Waals surface area contributed by atoms with Crippen LogP contribution < -0.4 is 5.01 Å². The predicted octanol–water partition coefficient (Wildman–Crippen LogP) is 3.21. The van der Waals surface area contributed by atoms with Crippen molar-refractivity contribution in [3.63, 3.8) is 0 Å². The Labute approximate surface area is 105 Å². The lowest BCUT2D eigenvalue weighted by Gasteiger charge is -2.41. The van der Waals surface area contributed by atoms with E-state index in [1.165, 1.54) is 11.3 Å². The lowest BCUT2D eigenvalue weighted by Crippen LogP contribution is -2.53. The molecule has 0 bridgehead atoms. The molecule has 1 aromatic rings. The smallest absolute Gasteiger partial charge is 0.157 e. The summed E-state index contributed by atoms with van der Waals surface area (Å²) in [5.74, 6) is 0. The maximum Gasteiger partial charge on any atom is 0.188 e. The molecule has 0 N–H and O–H groups in total. The molecule has 0 fully saturated rings. The first kappa shape index (κ1) is 12.2. The quantitative estimate of drug-likeness (QED) is 0.673. The second kappa shape index (κ2) is 4.17. The van der Waals surface area contributed by atoms with E-state index in [4.69, 9.17) is 0 Å². The summed E-state index contributed by atoms with van der Waals surface area (Å²) in [6.45, 7) is 9.08. The topological polar surface area (TPSA) is 6.25 Å². The van der Waals surface area contributed by atoms with Crippen LogP contribution in [0.15, 0.2) is 24.3 Å². The third-order valence-corrected chi connectivity index (χ3v) is 4.53. The van der Waals surface area contributed by atoms with Gasteiger partial charge in [0.1, 0.15) is 5.69 Å². The van der Waals surface area contributed by atoms with E-state index in [-0.39, 0.29) is 5.41 Å². The van der Waals surface area contributed by atoms with Crippen molar-refractivity contribution in [1.29, 1.82) is 0 Å². The fourth-order valence-electron chi connectivity index (χ4n) is 3.02. The van der Waals surface area contributed by atoms with Gasteiger partial charge in [-0.3, -0.25) is 0 Å². The molecule has 0 saturated heterocycles. The van der Waals surface area contributed by atoms with E-state index >= 15 is 0 Å². The van der Waals surface area contributed by atoms with E-state index in [1.807, 2.05) is 0 Å². The number of nitrogens with zero attached hydrogens (tertiary/aromatic N) is 2. The third kappa shape index (κ3) is 1.58. The van der Waals surface area contributed by atoms with E-state index in [0.717, 1.165) is 6.42 Å². The van der Waals surface area contributed by atoms with Crippen molar-refractivity contribution < 1.29 is 4.68 Å². The Hall–Kier alpha value is -1.31. The largest absolute Gasteiger partial charge is 0.188 e. The number of hydrogen-bond acceptors (Lipinski definition) is 1. The number of anilines is 1. The molecule has 0 aromatic heterocycles. The molecule has 0 saturated carbocycles. The van der Waals surface area contributed by atoms with Crippen molar-refractivity contribution in [3.05, 3.63) is 29.8 Å². The number of fused-ring (bicyclic) bond motifs is 1. The molecule has 0 radical (unpaired) electrons. The molecule has 17 heavy (non-hydrogen) atoms. The Kier molecular flexibility index (Phi) is 2.98. The normalized spacial score (nSPS) is 30.5. The molecule has 1 unspecified atom stereocenters. The zero-order valence-corrected chi connectivity index (χ0v) is 11.6.